The Balaban J connectivity index is 1.91. The fraction of sp³-hybridized carbons (Fsp3) is 0.150. The van der Waals surface area contributed by atoms with Gasteiger partial charge < -0.3 is 14.8 Å². The van der Waals surface area contributed by atoms with Crippen molar-refractivity contribution in [3.63, 3.8) is 0 Å². The molecular weight excluding hydrogens is 344 g/mol. The van der Waals surface area contributed by atoms with Crippen molar-refractivity contribution in [3.05, 3.63) is 70.0 Å². The molecule has 0 aliphatic heterocycles. The van der Waals surface area contributed by atoms with E-state index in [1.807, 2.05) is 30.3 Å². The number of anilines is 1. The molecule has 0 spiro atoms. The summed E-state index contributed by atoms with van der Waals surface area (Å²) in [4.78, 5) is 19.3. The molecule has 0 radical (unpaired) electrons. The fourth-order valence-corrected chi connectivity index (χ4v) is 2.59. The number of methoxy groups -OCH3 is 2. The van der Waals surface area contributed by atoms with Gasteiger partial charge in [-0.05, 0) is 42.0 Å². The van der Waals surface area contributed by atoms with Gasteiger partial charge in [-0.15, -0.1) is 0 Å². The molecule has 0 atom stereocenters. The number of hydrogen-bond acceptors (Lipinski definition) is 6. The molecule has 0 aliphatic rings. The zero-order valence-corrected chi connectivity index (χ0v) is 14.9. The van der Waals surface area contributed by atoms with Gasteiger partial charge in [0.1, 0.15) is 23.1 Å². The minimum Gasteiger partial charge on any atom is -0.497 e. The minimum atomic E-state index is -0.494. The standard InChI is InChI=1S/C20H18N4O3/c1-26-15-8-6-14(7-9-15)18-17(11-21)19(25)24-20(23-18)22-12-13-4-3-5-16(10-13)27-2/h3-10H,12H2,1-2H3,(H2,22,23,24,25). The number of nitriles is 1. The maximum absolute atomic E-state index is 12.3. The molecule has 1 heterocycles. The number of nitrogens with one attached hydrogen (secondary N) is 2. The minimum absolute atomic E-state index is 0.0351. The van der Waals surface area contributed by atoms with E-state index in [0.29, 0.717) is 23.6 Å². The lowest BCUT2D eigenvalue weighted by atomic mass is 10.1. The van der Waals surface area contributed by atoms with E-state index in [2.05, 4.69) is 15.3 Å². The van der Waals surface area contributed by atoms with E-state index in [0.717, 1.165) is 11.3 Å². The van der Waals surface area contributed by atoms with E-state index in [-0.39, 0.29) is 11.5 Å². The van der Waals surface area contributed by atoms with Crippen molar-refractivity contribution in [2.45, 2.75) is 6.54 Å². The monoisotopic (exact) mass is 362 g/mol. The first-order valence-corrected chi connectivity index (χ1v) is 8.20. The number of H-pyrrole nitrogens is 1. The third-order valence-electron chi connectivity index (χ3n) is 3.99. The average Bonchev–Trinajstić information content (AvgIpc) is 2.72. The smallest absolute Gasteiger partial charge is 0.270 e. The topological polar surface area (TPSA) is 100 Å². The lowest BCUT2D eigenvalue weighted by Gasteiger charge is -2.10. The average molecular weight is 362 g/mol. The van der Waals surface area contributed by atoms with Gasteiger partial charge in [0.15, 0.2) is 0 Å². The Labute approximate surface area is 156 Å². The molecule has 0 aliphatic carbocycles. The Morgan fingerprint density at radius 1 is 1.11 bits per heavy atom. The van der Waals surface area contributed by atoms with Crippen LogP contribution in [0.4, 0.5) is 5.95 Å². The molecule has 0 fully saturated rings. The van der Waals surface area contributed by atoms with E-state index in [1.165, 1.54) is 0 Å². The van der Waals surface area contributed by atoms with Gasteiger partial charge in [-0.2, -0.15) is 5.26 Å². The number of benzene rings is 2. The van der Waals surface area contributed by atoms with Crippen LogP contribution in [0, 0.1) is 11.3 Å². The van der Waals surface area contributed by atoms with Crippen molar-refractivity contribution in [2.24, 2.45) is 0 Å². The summed E-state index contributed by atoms with van der Waals surface area (Å²) in [6.45, 7) is 0.439. The van der Waals surface area contributed by atoms with Crippen LogP contribution in [0.2, 0.25) is 0 Å². The lowest BCUT2D eigenvalue weighted by Crippen LogP contribution is -2.17. The second-order valence-corrected chi connectivity index (χ2v) is 5.68. The zero-order chi connectivity index (χ0) is 19.2. The van der Waals surface area contributed by atoms with E-state index in [1.54, 1.807) is 38.5 Å². The van der Waals surface area contributed by atoms with E-state index in [4.69, 9.17) is 9.47 Å². The summed E-state index contributed by atoms with van der Waals surface area (Å²) in [5.41, 5.74) is 1.41. The van der Waals surface area contributed by atoms with E-state index in [9.17, 15) is 10.1 Å². The van der Waals surface area contributed by atoms with Gasteiger partial charge in [0.05, 0.1) is 19.9 Å². The van der Waals surface area contributed by atoms with Gasteiger partial charge in [0.25, 0.3) is 5.56 Å². The fourth-order valence-electron chi connectivity index (χ4n) is 2.59. The molecule has 3 rings (SSSR count). The van der Waals surface area contributed by atoms with Crippen LogP contribution in [0.1, 0.15) is 11.1 Å². The SMILES string of the molecule is COc1ccc(-c2nc(NCc3cccc(OC)c3)[nH]c(=O)c2C#N)cc1. The van der Waals surface area contributed by atoms with Gasteiger partial charge in [-0.3, -0.25) is 9.78 Å². The Kier molecular flexibility index (Phi) is 5.38. The predicted octanol–water partition coefficient (Wildman–Crippen LogP) is 2.94. The lowest BCUT2D eigenvalue weighted by molar-refractivity contribution is 0.414. The molecule has 0 unspecified atom stereocenters. The molecule has 7 nitrogen and oxygen atoms in total. The molecule has 27 heavy (non-hydrogen) atoms. The third-order valence-corrected chi connectivity index (χ3v) is 3.99. The molecule has 3 aromatic rings. The Morgan fingerprint density at radius 2 is 1.85 bits per heavy atom. The summed E-state index contributed by atoms with van der Waals surface area (Å²) in [5.74, 6) is 1.71. The summed E-state index contributed by atoms with van der Waals surface area (Å²) < 4.78 is 10.3. The highest BCUT2D eigenvalue weighted by Crippen LogP contribution is 2.23. The van der Waals surface area contributed by atoms with Crippen LogP contribution >= 0.6 is 0 Å². The molecular formula is C20H18N4O3. The highest BCUT2D eigenvalue weighted by Gasteiger charge is 2.13. The quantitative estimate of drug-likeness (QED) is 0.699. The van der Waals surface area contributed by atoms with Crippen LogP contribution in [-0.2, 0) is 6.54 Å². The van der Waals surface area contributed by atoms with Gasteiger partial charge in [-0.25, -0.2) is 4.98 Å². The molecule has 136 valence electrons. The first kappa shape index (κ1) is 18.0. The van der Waals surface area contributed by atoms with Crippen molar-refractivity contribution >= 4 is 5.95 Å². The molecule has 2 N–H and O–H groups in total. The Bertz CT molecular complexity index is 1040. The van der Waals surface area contributed by atoms with Gasteiger partial charge in [0, 0.05) is 12.1 Å². The first-order chi connectivity index (χ1) is 13.1. The van der Waals surface area contributed by atoms with Crippen LogP contribution in [0.15, 0.2) is 53.3 Å². The molecule has 2 aromatic carbocycles. The first-order valence-electron chi connectivity index (χ1n) is 8.20. The van der Waals surface area contributed by atoms with Gasteiger partial charge in [-0.1, -0.05) is 12.1 Å². The summed E-state index contributed by atoms with van der Waals surface area (Å²) in [5, 5.41) is 12.4. The molecule has 7 heteroatoms. The summed E-state index contributed by atoms with van der Waals surface area (Å²) >= 11 is 0. The van der Waals surface area contributed by atoms with Gasteiger partial charge in [0.2, 0.25) is 5.95 Å². The van der Waals surface area contributed by atoms with Crippen LogP contribution < -0.4 is 20.3 Å². The van der Waals surface area contributed by atoms with Crippen LogP contribution in [-0.4, -0.2) is 24.2 Å². The van der Waals surface area contributed by atoms with Crippen molar-refractivity contribution in [3.8, 4) is 28.8 Å². The number of ether oxygens (including phenoxy) is 2. The van der Waals surface area contributed by atoms with Crippen molar-refractivity contribution in [1.29, 1.82) is 5.26 Å². The Morgan fingerprint density at radius 3 is 2.52 bits per heavy atom. The molecule has 0 bridgehead atoms. The number of rotatable bonds is 6. The van der Waals surface area contributed by atoms with E-state index < -0.39 is 5.56 Å². The molecule has 1 aromatic heterocycles. The summed E-state index contributed by atoms with van der Waals surface area (Å²) in [6, 6.07) is 16.5. The normalized spacial score (nSPS) is 10.1. The zero-order valence-electron chi connectivity index (χ0n) is 14.9. The van der Waals surface area contributed by atoms with Crippen LogP contribution in [0.25, 0.3) is 11.3 Å². The molecule has 0 saturated carbocycles. The van der Waals surface area contributed by atoms with E-state index >= 15 is 0 Å². The number of aromatic nitrogens is 2. The van der Waals surface area contributed by atoms with Crippen molar-refractivity contribution in [2.75, 3.05) is 19.5 Å². The second-order valence-electron chi connectivity index (χ2n) is 5.68. The Hall–Kier alpha value is -3.79. The van der Waals surface area contributed by atoms with Crippen LogP contribution in [0.3, 0.4) is 0 Å². The molecule has 0 saturated heterocycles. The largest absolute Gasteiger partial charge is 0.497 e. The molecule has 0 amide bonds. The van der Waals surface area contributed by atoms with Gasteiger partial charge >= 0.3 is 0 Å². The predicted molar refractivity (Wildman–Crippen MR) is 102 cm³/mol. The third kappa shape index (κ3) is 4.07. The summed E-state index contributed by atoms with van der Waals surface area (Å²) in [6.07, 6.45) is 0. The van der Waals surface area contributed by atoms with Crippen LogP contribution in [0.5, 0.6) is 11.5 Å². The number of nitrogens with zero attached hydrogens (tertiary/aromatic N) is 2. The number of aromatic amines is 1. The van der Waals surface area contributed by atoms with Crippen molar-refractivity contribution < 1.29 is 9.47 Å². The highest BCUT2D eigenvalue weighted by molar-refractivity contribution is 5.67. The maximum atomic E-state index is 12.3. The number of hydrogen-bond donors (Lipinski definition) is 2. The highest BCUT2D eigenvalue weighted by atomic mass is 16.5. The van der Waals surface area contributed by atoms with Crippen molar-refractivity contribution in [1.82, 2.24) is 9.97 Å². The maximum Gasteiger partial charge on any atom is 0.270 e. The summed E-state index contributed by atoms with van der Waals surface area (Å²) in [7, 11) is 3.18. The second kappa shape index (κ2) is 8.06.